The highest BCUT2D eigenvalue weighted by Gasteiger charge is 2.21. The van der Waals surface area contributed by atoms with Crippen molar-refractivity contribution in [2.45, 2.75) is 56.1 Å². The number of unbranched alkanes of at least 4 members (excludes halogenated alkanes) is 3. The van der Waals surface area contributed by atoms with Crippen molar-refractivity contribution in [1.82, 2.24) is 0 Å². The summed E-state index contributed by atoms with van der Waals surface area (Å²) in [5, 5.41) is 0. The van der Waals surface area contributed by atoms with Crippen LogP contribution in [0.3, 0.4) is 0 Å². The van der Waals surface area contributed by atoms with Crippen LogP contribution in [-0.2, 0) is 21.7 Å². The van der Waals surface area contributed by atoms with Crippen molar-refractivity contribution >= 4 is 23.5 Å². The van der Waals surface area contributed by atoms with E-state index >= 15 is 0 Å². The number of ketones is 1. The van der Waals surface area contributed by atoms with Crippen LogP contribution in [0.5, 0.6) is 0 Å². The van der Waals surface area contributed by atoms with Crippen molar-refractivity contribution in [3.8, 4) is 0 Å². The van der Waals surface area contributed by atoms with Gasteiger partial charge in [0.1, 0.15) is 0 Å². The van der Waals surface area contributed by atoms with Gasteiger partial charge in [-0.1, -0.05) is 56.5 Å². The Bertz CT molecular complexity index is 813. The molecule has 0 N–H and O–H groups in total. The molecule has 27 heavy (non-hydrogen) atoms. The Balaban J connectivity index is 1.56. The van der Waals surface area contributed by atoms with Gasteiger partial charge in [0, 0.05) is 34.6 Å². The highest BCUT2D eigenvalue weighted by Crippen LogP contribution is 2.34. The van der Waals surface area contributed by atoms with Crippen molar-refractivity contribution in [2.75, 3.05) is 6.61 Å². The smallest absolute Gasteiger partial charge is 0.305 e. The largest absolute Gasteiger partial charge is 0.465 e. The summed E-state index contributed by atoms with van der Waals surface area (Å²) in [6.07, 6.45) is 5.51. The van der Waals surface area contributed by atoms with E-state index < -0.39 is 0 Å². The number of fused-ring (bicyclic) bond motifs is 2. The van der Waals surface area contributed by atoms with Crippen LogP contribution < -0.4 is 0 Å². The van der Waals surface area contributed by atoms with Crippen LogP contribution in [0.25, 0.3) is 0 Å². The third kappa shape index (κ3) is 5.23. The van der Waals surface area contributed by atoms with Crippen molar-refractivity contribution in [3.05, 3.63) is 64.7 Å². The predicted molar refractivity (Wildman–Crippen MR) is 109 cm³/mol. The van der Waals surface area contributed by atoms with Crippen LogP contribution in [0.15, 0.2) is 47.4 Å². The van der Waals surface area contributed by atoms with Gasteiger partial charge in [-0.15, -0.1) is 11.8 Å². The zero-order valence-electron chi connectivity index (χ0n) is 15.8. The molecule has 0 unspecified atom stereocenters. The minimum atomic E-state index is -0.110. The van der Waals surface area contributed by atoms with E-state index in [4.69, 9.17) is 4.74 Å². The maximum atomic E-state index is 12.8. The molecule has 1 aliphatic heterocycles. The first-order chi connectivity index (χ1) is 13.2. The third-order valence-corrected chi connectivity index (χ3v) is 5.93. The van der Waals surface area contributed by atoms with Crippen LogP contribution in [0, 0.1) is 0 Å². The molecule has 0 saturated heterocycles. The molecule has 0 amide bonds. The van der Waals surface area contributed by atoms with E-state index in [2.05, 4.69) is 13.0 Å². The monoisotopic (exact) mass is 382 g/mol. The molecule has 1 heterocycles. The quantitative estimate of drug-likeness (QED) is 0.442. The van der Waals surface area contributed by atoms with Gasteiger partial charge in [0.2, 0.25) is 0 Å². The van der Waals surface area contributed by atoms with Gasteiger partial charge < -0.3 is 4.74 Å². The molecule has 0 atom stereocenters. The Morgan fingerprint density at radius 1 is 1.07 bits per heavy atom. The van der Waals surface area contributed by atoms with Crippen molar-refractivity contribution in [1.29, 1.82) is 0 Å². The lowest BCUT2D eigenvalue weighted by Crippen LogP contribution is -2.08. The lowest BCUT2D eigenvalue weighted by molar-refractivity contribution is -0.143. The second-order valence-electron chi connectivity index (χ2n) is 6.89. The summed E-state index contributed by atoms with van der Waals surface area (Å²) < 4.78 is 5.35. The zero-order chi connectivity index (χ0) is 19.1. The molecule has 0 spiro atoms. The minimum Gasteiger partial charge on any atom is -0.465 e. The van der Waals surface area contributed by atoms with Gasteiger partial charge >= 0.3 is 5.97 Å². The number of carbonyl (C=O) groups excluding carboxylic acids is 2. The average molecular weight is 383 g/mol. The number of hydrogen-bond acceptors (Lipinski definition) is 4. The van der Waals surface area contributed by atoms with Crippen molar-refractivity contribution in [3.63, 3.8) is 0 Å². The van der Waals surface area contributed by atoms with Crippen molar-refractivity contribution in [2.24, 2.45) is 0 Å². The van der Waals surface area contributed by atoms with E-state index in [0.29, 0.717) is 19.4 Å². The molecule has 1 aliphatic rings. The molecule has 4 heteroatoms. The summed E-state index contributed by atoms with van der Waals surface area (Å²) in [6.45, 7) is 2.55. The Kier molecular flexibility index (Phi) is 7.11. The first-order valence-electron chi connectivity index (χ1n) is 9.73. The Labute approximate surface area is 165 Å². The Hall–Kier alpha value is -2.07. The van der Waals surface area contributed by atoms with E-state index in [1.165, 1.54) is 12.8 Å². The first-order valence-corrected chi connectivity index (χ1v) is 10.7. The zero-order valence-corrected chi connectivity index (χ0v) is 16.6. The van der Waals surface area contributed by atoms with Gasteiger partial charge in [0.15, 0.2) is 5.78 Å². The molecular weight excluding hydrogens is 356 g/mol. The van der Waals surface area contributed by atoms with Gasteiger partial charge in [-0.3, -0.25) is 9.59 Å². The number of ether oxygens (including phenoxy) is 1. The summed E-state index contributed by atoms with van der Waals surface area (Å²) in [4.78, 5) is 25.6. The summed E-state index contributed by atoms with van der Waals surface area (Å²) in [7, 11) is 0. The number of hydrogen-bond donors (Lipinski definition) is 0. The van der Waals surface area contributed by atoms with E-state index in [0.717, 1.165) is 45.7 Å². The van der Waals surface area contributed by atoms with Gasteiger partial charge in [-0.25, -0.2) is 0 Å². The predicted octanol–water partition coefficient (Wildman–Crippen LogP) is 5.58. The number of rotatable bonds is 8. The Morgan fingerprint density at radius 2 is 1.93 bits per heavy atom. The second-order valence-corrected chi connectivity index (χ2v) is 7.90. The summed E-state index contributed by atoms with van der Waals surface area (Å²) in [6, 6.07) is 13.8. The van der Waals surface area contributed by atoms with Crippen LogP contribution in [0.1, 0.15) is 66.1 Å². The molecule has 0 aliphatic carbocycles. The van der Waals surface area contributed by atoms with Crippen LogP contribution >= 0.6 is 11.8 Å². The normalized spacial score (nSPS) is 12.9. The average Bonchev–Trinajstić information content (AvgIpc) is 2.82. The third-order valence-electron chi connectivity index (χ3n) is 4.82. The molecule has 3 rings (SSSR count). The first kappa shape index (κ1) is 19.7. The summed E-state index contributed by atoms with van der Waals surface area (Å²) in [5.41, 5.74) is 3.75. The van der Waals surface area contributed by atoms with Crippen LogP contribution in [0.2, 0.25) is 0 Å². The second kappa shape index (κ2) is 9.75. The van der Waals surface area contributed by atoms with Gasteiger partial charge in [0.05, 0.1) is 6.61 Å². The molecule has 142 valence electrons. The maximum Gasteiger partial charge on any atom is 0.305 e. The van der Waals surface area contributed by atoms with E-state index in [9.17, 15) is 9.59 Å². The molecule has 0 aromatic heterocycles. The summed E-state index contributed by atoms with van der Waals surface area (Å²) >= 11 is 1.70. The SMILES string of the molecule is CCCCCCC(=O)OCCc1ccc2c(c1)SCc1ccccc1C2=O. The fourth-order valence-electron chi connectivity index (χ4n) is 3.25. The number of esters is 1. The number of thioether (sulfide) groups is 1. The van der Waals surface area contributed by atoms with E-state index in [1.54, 1.807) is 11.8 Å². The highest BCUT2D eigenvalue weighted by atomic mass is 32.2. The van der Waals surface area contributed by atoms with E-state index in [-0.39, 0.29) is 11.8 Å². The fourth-order valence-corrected chi connectivity index (χ4v) is 4.36. The number of carbonyl (C=O) groups is 2. The molecule has 0 bridgehead atoms. The lowest BCUT2D eigenvalue weighted by Gasteiger charge is -2.09. The molecule has 2 aromatic carbocycles. The Morgan fingerprint density at radius 3 is 2.78 bits per heavy atom. The lowest BCUT2D eigenvalue weighted by atomic mass is 9.98. The molecule has 2 aromatic rings. The van der Waals surface area contributed by atoms with Gasteiger partial charge in [-0.05, 0) is 29.7 Å². The van der Waals surface area contributed by atoms with Gasteiger partial charge in [-0.2, -0.15) is 0 Å². The highest BCUT2D eigenvalue weighted by molar-refractivity contribution is 7.98. The molecule has 0 saturated carbocycles. The topological polar surface area (TPSA) is 43.4 Å². The molecule has 0 radical (unpaired) electrons. The van der Waals surface area contributed by atoms with Crippen LogP contribution in [0.4, 0.5) is 0 Å². The standard InChI is InChI=1S/C23H26O3S/c1-2-3-4-5-10-22(24)26-14-13-17-11-12-20-21(15-17)27-16-18-8-6-7-9-19(18)23(20)25/h6-9,11-12,15H,2-5,10,13-14,16H2,1H3. The van der Waals surface area contributed by atoms with Crippen LogP contribution in [-0.4, -0.2) is 18.4 Å². The van der Waals surface area contributed by atoms with Crippen molar-refractivity contribution < 1.29 is 14.3 Å². The molecule has 3 nitrogen and oxygen atoms in total. The fraction of sp³-hybridized carbons (Fsp3) is 0.391. The minimum absolute atomic E-state index is 0.0932. The molecule has 0 fully saturated rings. The van der Waals surface area contributed by atoms with Gasteiger partial charge in [0.25, 0.3) is 0 Å². The maximum absolute atomic E-state index is 12.8. The summed E-state index contributed by atoms with van der Waals surface area (Å²) in [5.74, 6) is 0.780. The number of benzene rings is 2. The molecular formula is C23H26O3S. The van der Waals surface area contributed by atoms with E-state index in [1.807, 2.05) is 36.4 Å².